The highest BCUT2D eigenvalue weighted by Crippen LogP contribution is 2.38. The van der Waals surface area contributed by atoms with Crippen LogP contribution in [0.15, 0.2) is 59.8 Å². The zero-order valence-corrected chi connectivity index (χ0v) is 32.4. The summed E-state index contributed by atoms with van der Waals surface area (Å²) in [5.74, 6) is 1.49. The number of fused-ring (bicyclic) bond motifs is 1. The van der Waals surface area contributed by atoms with Gasteiger partial charge in [0.1, 0.15) is 17.2 Å². The number of pyridine rings is 2. The first-order valence-electron chi connectivity index (χ1n) is 19.0. The molecule has 5 heterocycles. The van der Waals surface area contributed by atoms with Crippen LogP contribution >= 0.6 is 0 Å². The number of anilines is 1. The smallest absolute Gasteiger partial charge is 0.328 e. The van der Waals surface area contributed by atoms with Gasteiger partial charge in [0, 0.05) is 102 Å². The number of aryl methyl sites for hydroxylation is 1. The number of rotatable bonds is 12. The molecule has 3 aliphatic heterocycles. The van der Waals surface area contributed by atoms with Gasteiger partial charge in [0.2, 0.25) is 5.91 Å². The van der Waals surface area contributed by atoms with Crippen molar-refractivity contribution in [2.45, 2.75) is 31.9 Å². The fourth-order valence-electron chi connectivity index (χ4n) is 7.82. The van der Waals surface area contributed by atoms with E-state index in [2.05, 4.69) is 20.1 Å². The first kappa shape index (κ1) is 38.8. The molecule has 0 radical (unpaired) electrons. The molecule has 2 aromatic heterocycles. The molecule has 296 valence electrons. The molecular weight excluding hydrogens is 718 g/mol. The number of nitrogens with one attached hydrogen (secondary N) is 1. The molecule has 0 unspecified atom stereocenters. The molecule has 4 amide bonds. The van der Waals surface area contributed by atoms with Crippen molar-refractivity contribution in [2.75, 3.05) is 85.2 Å². The SMILES string of the molecule is COc1ccc(C(=O)N2CCC(OCCN3CCN(Cc4c(OC)cc(-c5cn(C)c(=O)c6cnccc56)cc4OC)CC3)CC2)cc1N1CCC(=O)NC1=O. The Bertz CT molecular complexity index is 2130. The molecule has 0 saturated carbocycles. The van der Waals surface area contributed by atoms with E-state index in [0.29, 0.717) is 48.6 Å². The Labute approximate surface area is 325 Å². The van der Waals surface area contributed by atoms with Crippen molar-refractivity contribution in [2.24, 2.45) is 7.05 Å². The number of carbonyl (C=O) groups is 3. The quantitative estimate of drug-likeness (QED) is 0.226. The highest BCUT2D eigenvalue weighted by atomic mass is 16.5. The summed E-state index contributed by atoms with van der Waals surface area (Å²) in [5.41, 5.74) is 3.61. The molecule has 0 atom stereocenters. The Balaban J connectivity index is 0.885. The molecule has 0 spiro atoms. The van der Waals surface area contributed by atoms with Crippen molar-refractivity contribution in [3.8, 4) is 28.4 Å². The Kier molecular flexibility index (Phi) is 11.8. The second-order valence-electron chi connectivity index (χ2n) is 14.4. The second-order valence-corrected chi connectivity index (χ2v) is 14.4. The van der Waals surface area contributed by atoms with Gasteiger partial charge in [-0.2, -0.15) is 0 Å². The van der Waals surface area contributed by atoms with E-state index in [1.54, 1.807) is 56.4 Å². The minimum absolute atomic E-state index is 0.0830. The Morgan fingerprint density at radius 1 is 0.839 bits per heavy atom. The second kappa shape index (κ2) is 17.1. The number of benzene rings is 2. The van der Waals surface area contributed by atoms with Crippen molar-refractivity contribution in [3.05, 3.63) is 76.5 Å². The number of urea groups is 1. The maximum Gasteiger partial charge on any atom is 0.328 e. The van der Waals surface area contributed by atoms with Crippen molar-refractivity contribution >= 4 is 34.3 Å². The summed E-state index contributed by atoms with van der Waals surface area (Å²) >= 11 is 0. The lowest BCUT2D eigenvalue weighted by Gasteiger charge is -2.36. The number of carbonyl (C=O) groups excluding carboxylic acids is 3. The molecule has 0 bridgehead atoms. The summed E-state index contributed by atoms with van der Waals surface area (Å²) in [6.45, 7) is 7.12. The lowest BCUT2D eigenvalue weighted by atomic mass is 9.99. The number of likely N-dealkylation sites (tertiary alicyclic amines) is 1. The van der Waals surface area contributed by atoms with Crippen LogP contribution in [0.25, 0.3) is 21.9 Å². The summed E-state index contributed by atoms with van der Waals surface area (Å²) in [4.78, 5) is 62.7. The van der Waals surface area contributed by atoms with Crippen LogP contribution < -0.4 is 30.0 Å². The molecule has 15 heteroatoms. The monoisotopic (exact) mass is 767 g/mol. The van der Waals surface area contributed by atoms with Gasteiger partial charge >= 0.3 is 6.03 Å². The van der Waals surface area contributed by atoms with Gasteiger partial charge in [0.05, 0.1) is 50.7 Å². The minimum Gasteiger partial charge on any atom is -0.496 e. The maximum absolute atomic E-state index is 13.5. The van der Waals surface area contributed by atoms with Crippen molar-refractivity contribution in [1.29, 1.82) is 0 Å². The van der Waals surface area contributed by atoms with Gasteiger partial charge in [0.25, 0.3) is 11.5 Å². The topological polar surface area (TPSA) is 148 Å². The summed E-state index contributed by atoms with van der Waals surface area (Å²) < 4.78 is 25.1. The summed E-state index contributed by atoms with van der Waals surface area (Å²) in [6, 6.07) is 10.4. The molecular formula is C41H49N7O8. The normalized spacial score (nSPS) is 17.3. The molecule has 3 saturated heterocycles. The Morgan fingerprint density at radius 3 is 2.21 bits per heavy atom. The Hall–Kier alpha value is -5.51. The van der Waals surface area contributed by atoms with Crippen LogP contribution in [0.1, 0.15) is 35.2 Å². The molecule has 3 aliphatic rings. The van der Waals surface area contributed by atoms with E-state index in [4.69, 9.17) is 18.9 Å². The van der Waals surface area contributed by atoms with E-state index in [-0.39, 0.29) is 36.4 Å². The molecule has 7 rings (SSSR count). The van der Waals surface area contributed by atoms with Crippen LogP contribution in [0, 0.1) is 0 Å². The highest BCUT2D eigenvalue weighted by Gasteiger charge is 2.30. The van der Waals surface area contributed by atoms with Gasteiger partial charge < -0.3 is 28.4 Å². The van der Waals surface area contributed by atoms with Crippen LogP contribution in [0.5, 0.6) is 17.2 Å². The average Bonchev–Trinajstić information content (AvgIpc) is 3.22. The third-order valence-corrected chi connectivity index (χ3v) is 11.0. The van der Waals surface area contributed by atoms with Gasteiger partial charge in [-0.1, -0.05) is 0 Å². The van der Waals surface area contributed by atoms with Crippen molar-refractivity contribution in [1.82, 2.24) is 29.6 Å². The summed E-state index contributed by atoms with van der Waals surface area (Å²) in [7, 11) is 6.60. The summed E-state index contributed by atoms with van der Waals surface area (Å²) in [6.07, 6.45) is 6.90. The van der Waals surface area contributed by atoms with Gasteiger partial charge in [0.15, 0.2) is 0 Å². The van der Waals surface area contributed by atoms with Crippen LogP contribution in [0.2, 0.25) is 0 Å². The van der Waals surface area contributed by atoms with E-state index in [1.165, 1.54) is 12.0 Å². The van der Waals surface area contributed by atoms with E-state index in [1.807, 2.05) is 29.3 Å². The van der Waals surface area contributed by atoms with Crippen LogP contribution in [-0.2, 0) is 23.1 Å². The number of hydrogen-bond donors (Lipinski definition) is 1. The van der Waals surface area contributed by atoms with Gasteiger partial charge in [-0.15, -0.1) is 0 Å². The zero-order valence-electron chi connectivity index (χ0n) is 32.4. The maximum atomic E-state index is 13.5. The first-order valence-corrected chi connectivity index (χ1v) is 19.0. The van der Waals surface area contributed by atoms with Gasteiger partial charge in [-0.25, -0.2) is 4.79 Å². The molecule has 56 heavy (non-hydrogen) atoms. The van der Waals surface area contributed by atoms with E-state index in [9.17, 15) is 19.2 Å². The third kappa shape index (κ3) is 8.20. The fourth-order valence-corrected chi connectivity index (χ4v) is 7.82. The standard InChI is InChI=1S/C41H49N7O8/c1-44-25-32(30-7-11-42-24-31(30)40(44)51)28-22-36(54-3)33(37(23-28)55-4)26-46-17-15-45(16-18-46)19-20-56-29-8-12-47(13-9-29)39(50)27-5-6-35(53-2)34(21-27)48-14-10-38(49)43-41(48)52/h5-7,11,21-25,29H,8-10,12-20,26H2,1-4H3,(H,43,49,52). The average molecular weight is 768 g/mol. The van der Waals surface area contributed by atoms with Gasteiger partial charge in [-0.05, 0) is 60.2 Å². The van der Waals surface area contributed by atoms with Crippen molar-refractivity contribution < 1.29 is 33.3 Å². The highest BCUT2D eigenvalue weighted by molar-refractivity contribution is 6.07. The lowest BCUT2D eigenvalue weighted by molar-refractivity contribution is -0.120. The van der Waals surface area contributed by atoms with E-state index in [0.717, 1.165) is 79.1 Å². The number of ether oxygens (including phenoxy) is 4. The Morgan fingerprint density at radius 2 is 1.54 bits per heavy atom. The van der Waals surface area contributed by atoms with E-state index >= 15 is 0 Å². The molecule has 15 nitrogen and oxygen atoms in total. The number of piperidine rings is 1. The number of nitrogens with zero attached hydrogens (tertiary/aromatic N) is 6. The van der Waals surface area contributed by atoms with Crippen LogP contribution in [-0.4, -0.2) is 128 Å². The fraction of sp³-hybridized carbons (Fsp3) is 0.439. The minimum atomic E-state index is -0.528. The molecule has 4 aromatic rings. The van der Waals surface area contributed by atoms with Gasteiger partial charge in [-0.3, -0.25) is 39.4 Å². The summed E-state index contributed by atoms with van der Waals surface area (Å²) in [5, 5.41) is 3.71. The predicted molar refractivity (Wildman–Crippen MR) is 211 cm³/mol. The molecule has 3 fully saturated rings. The largest absolute Gasteiger partial charge is 0.496 e. The third-order valence-electron chi connectivity index (χ3n) is 11.0. The number of piperazine rings is 1. The lowest BCUT2D eigenvalue weighted by Crippen LogP contribution is -2.49. The van der Waals surface area contributed by atoms with Crippen LogP contribution in [0.4, 0.5) is 10.5 Å². The number of imide groups is 1. The first-order chi connectivity index (χ1) is 27.2. The number of hydrogen-bond acceptors (Lipinski definition) is 11. The molecule has 2 aromatic carbocycles. The van der Waals surface area contributed by atoms with Crippen LogP contribution in [0.3, 0.4) is 0 Å². The van der Waals surface area contributed by atoms with E-state index < -0.39 is 6.03 Å². The van der Waals surface area contributed by atoms with Crippen molar-refractivity contribution in [3.63, 3.8) is 0 Å². The predicted octanol–water partition coefficient (Wildman–Crippen LogP) is 3.51. The molecule has 1 N–H and O–H groups in total. The molecule has 0 aliphatic carbocycles. The zero-order chi connectivity index (χ0) is 39.3. The number of methoxy groups -OCH3 is 3. The number of aromatic nitrogens is 2. The number of amides is 4.